The molecule has 0 spiro atoms. The van der Waals surface area contributed by atoms with E-state index in [0.29, 0.717) is 5.75 Å². The lowest BCUT2D eigenvalue weighted by Gasteiger charge is -2.39. The standard InChI is InChI=1S/C13H17NO7S/c15-5-9-10(16)11(17)12(18)13(21-9)22-6-7-1-3-8(4-2-7)14(19)20/h1-4,9-13,15-18H,5-6H2/t9-,10+,11+,12-,13+/m1/s1. The summed E-state index contributed by atoms with van der Waals surface area (Å²) < 4.78 is 5.36. The van der Waals surface area contributed by atoms with E-state index in [1.165, 1.54) is 23.9 Å². The highest BCUT2D eigenvalue weighted by Crippen LogP contribution is 2.30. The van der Waals surface area contributed by atoms with Gasteiger partial charge in [0.05, 0.1) is 11.5 Å². The molecule has 0 amide bonds. The van der Waals surface area contributed by atoms with Gasteiger partial charge in [-0.2, -0.15) is 0 Å². The predicted octanol–water partition coefficient (Wildman–Crippen LogP) is -0.372. The van der Waals surface area contributed by atoms with Crippen LogP contribution in [0.15, 0.2) is 24.3 Å². The molecule has 0 saturated carbocycles. The van der Waals surface area contributed by atoms with E-state index in [1.54, 1.807) is 12.1 Å². The first-order valence-corrected chi connectivity index (χ1v) is 7.64. The number of nitrogens with zero attached hydrogens (tertiary/aromatic N) is 1. The van der Waals surface area contributed by atoms with E-state index in [1.807, 2.05) is 0 Å². The van der Waals surface area contributed by atoms with Crippen molar-refractivity contribution in [3.05, 3.63) is 39.9 Å². The molecule has 1 aromatic carbocycles. The van der Waals surface area contributed by atoms with Crippen LogP contribution in [0, 0.1) is 10.1 Å². The van der Waals surface area contributed by atoms with Gasteiger partial charge in [-0.1, -0.05) is 12.1 Å². The molecule has 9 heteroatoms. The van der Waals surface area contributed by atoms with Crippen molar-refractivity contribution in [3.63, 3.8) is 0 Å². The van der Waals surface area contributed by atoms with Gasteiger partial charge in [0.25, 0.3) is 5.69 Å². The van der Waals surface area contributed by atoms with Crippen molar-refractivity contribution in [1.82, 2.24) is 0 Å². The van der Waals surface area contributed by atoms with Crippen LogP contribution in [0.3, 0.4) is 0 Å². The van der Waals surface area contributed by atoms with Crippen molar-refractivity contribution in [3.8, 4) is 0 Å². The van der Waals surface area contributed by atoms with E-state index in [9.17, 15) is 25.4 Å². The van der Waals surface area contributed by atoms with Crippen LogP contribution >= 0.6 is 11.8 Å². The third-order valence-corrected chi connectivity index (χ3v) is 4.63. The van der Waals surface area contributed by atoms with Gasteiger partial charge in [-0.3, -0.25) is 10.1 Å². The number of aliphatic hydroxyl groups excluding tert-OH is 4. The first-order valence-electron chi connectivity index (χ1n) is 6.59. The lowest BCUT2D eigenvalue weighted by Crippen LogP contribution is -2.57. The predicted molar refractivity (Wildman–Crippen MR) is 78.2 cm³/mol. The Hall–Kier alpha value is -1.23. The van der Waals surface area contributed by atoms with Gasteiger partial charge in [0, 0.05) is 17.9 Å². The Balaban J connectivity index is 1.96. The van der Waals surface area contributed by atoms with Crippen LogP contribution in [0.4, 0.5) is 5.69 Å². The topological polar surface area (TPSA) is 133 Å². The van der Waals surface area contributed by atoms with Gasteiger partial charge in [0.1, 0.15) is 29.9 Å². The van der Waals surface area contributed by atoms with Gasteiger partial charge in [-0.15, -0.1) is 11.8 Å². The number of rotatable bonds is 5. The number of hydrogen-bond donors (Lipinski definition) is 4. The van der Waals surface area contributed by atoms with Crippen molar-refractivity contribution in [2.75, 3.05) is 6.61 Å². The van der Waals surface area contributed by atoms with Crippen LogP contribution < -0.4 is 0 Å². The fraction of sp³-hybridized carbons (Fsp3) is 0.538. The van der Waals surface area contributed by atoms with Crippen molar-refractivity contribution in [2.45, 2.75) is 35.6 Å². The quantitative estimate of drug-likeness (QED) is 0.424. The average molecular weight is 331 g/mol. The fourth-order valence-electron chi connectivity index (χ4n) is 2.10. The lowest BCUT2D eigenvalue weighted by atomic mass is 10.0. The van der Waals surface area contributed by atoms with Crippen molar-refractivity contribution in [2.24, 2.45) is 0 Å². The first kappa shape index (κ1) is 17.1. The number of non-ortho nitro benzene ring substituents is 1. The van der Waals surface area contributed by atoms with Crippen molar-refractivity contribution >= 4 is 17.4 Å². The SMILES string of the molecule is O=[N+]([O-])c1ccc(CS[C@@H]2O[C@H](CO)[C@H](O)[C@H](O)[C@H]2O)cc1. The highest BCUT2D eigenvalue weighted by atomic mass is 32.2. The highest BCUT2D eigenvalue weighted by molar-refractivity contribution is 7.99. The second kappa shape index (κ2) is 7.36. The molecule has 1 aromatic rings. The monoisotopic (exact) mass is 331 g/mol. The molecule has 0 bridgehead atoms. The molecule has 1 aliphatic rings. The van der Waals surface area contributed by atoms with E-state index in [-0.39, 0.29) is 5.69 Å². The molecule has 122 valence electrons. The Labute approximate surface area is 130 Å². The summed E-state index contributed by atoms with van der Waals surface area (Å²) >= 11 is 1.17. The summed E-state index contributed by atoms with van der Waals surface area (Å²) in [7, 11) is 0. The van der Waals surface area contributed by atoms with Crippen LogP contribution in [0.1, 0.15) is 5.56 Å². The number of nitro groups is 1. The zero-order chi connectivity index (χ0) is 16.3. The second-order valence-corrected chi connectivity index (χ2v) is 6.02. The molecule has 1 heterocycles. The van der Waals surface area contributed by atoms with Crippen LogP contribution in [0.25, 0.3) is 0 Å². The molecule has 5 atom stereocenters. The molecular formula is C13H17NO7S. The maximum atomic E-state index is 10.6. The minimum Gasteiger partial charge on any atom is -0.394 e. The first-order chi connectivity index (χ1) is 10.4. The Morgan fingerprint density at radius 2 is 1.77 bits per heavy atom. The number of benzene rings is 1. The summed E-state index contributed by atoms with van der Waals surface area (Å²) in [6, 6.07) is 5.94. The molecular weight excluding hydrogens is 314 g/mol. The number of aliphatic hydroxyl groups is 4. The molecule has 8 nitrogen and oxygen atoms in total. The normalized spacial score (nSPS) is 31.9. The molecule has 0 aromatic heterocycles. The van der Waals surface area contributed by atoms with E-state index >= 15 is 0 Å². The Kier molecular flexibility index (Phi) is 5.73. The molecule has 2 rings (SSSR count). The highest BCUT2D eigenvalue weighted by Gasteiger charge is 2.43. The van der Waals surface area contributed by atoms with Gasteiger partial charge in [0.15, 0.2) is 0 Å². The Morgan fingerprint density at radius 3 is 2.32 bits per heavy atom. The zero-order valence-electron chi connectivity index (χ0n) is 11.5. The average Bonchev–Trinajstić information content (AvgIpc) is 2.52. The van der Waals surface area contributed by atoms with E-state index < -0.39 is 41.4 Å². The van der Waals surface area contributed by atoms with Crippen LogP contribution in [-0.2, 0) is 10.5 Å². The molecule has 1 fully saturated rings. The molecule has 1 saturated heterocycles. The lowest BCUT2D eigenvalue weighted by molar-refractivity contribution is -0.384. The van der Waals surface area contributed by atoms with E-state index in [4.69, 9.17) is 9.84 Å². The molecule has 1 aliphatic heterocycles. The fourth-order valence-corrected chi connectivity index (χ4v) is 3.23. The summed E-state index contributed by atoms with van der Waals surface area (Å²) in [6.45, 7) is -0.473. The number of hydrogen-bond acceptors (Lipinski definition) is 8. The Morgan fingerprint density at radius 1 is 1.14 bits per heavy atom. The van der Waals surface area contributed by atoms with Gasteiger partial charge in [-0.05, 0) is 5.56 Å². The van der Waals surface area contributed by atoms with Gasteiger partial charge in [-0.25, -0.2) is 0 Å². The van der Waals surface area contributed by atoms with Gasteiger partial charge < -0.3 is 25.2 Å². The number of ether oxygens (including phenoxy) is 1. The maximum Gasteiger partial charge on any atom is 0.269 e. The van der Waals surface area contributed by atoms with Crippen molar-refractivity contribution in [1.29, 1.82) is 0 Å². The molecule has 22 heavy (non-hydrogen) atoms. The third-order valence-electron chi connectivity index (χ3n) is 3.41. The Bertz CT molecular complexity index is 510. The summed E-state index contributed by atoms with van der Waals surface area (Å²) in [5, 5.41) is 48.9. The third kappa shape index (κ3) is 3.75. The smallest absolute Gasteiger partial charge is 0.269 e. The zero-order valence-corrected chi connectivity index (χ0v) is 12.3. The number of nitro benzene ring substituents is 1. The molecule has 0 aliphatic carbocycles. The molecule has 4 N–H and O–H groups in total. The van der Waals surface area contributed by atoms with E-state index in [0.717, 1.165) is 5.56 Å². The molecule has 0 unspecified atom stereocenters. The largest absolute Gasteiger partial charge is 0.394 e. The van der Waals surface area contributed by atoms with Crippen LogP contribution in [-0.4, -0.2) is 61.8 Å². The van der Waals surface area contributed by atoms with E-state index in [2.05, 4.69) is 0 Å². The van der Waals surface area contributed by atoms with Gasteiger partial charge in [0.2, 0.25) is 0 Å². The van der Waals surface area contributed by atoms with Crippen LogP contribution in [0.5, 0.6) is 0 Å². The minimum atomic E-state index is -1.40. The summed E-state index contributed by atoms with van der Waals surface area (Å²) in [5.74, 6) is 0.390. The molecule has 0 radical (unpaired) electrons. The maximum absolute atomic E-state index is 10.6. The summed E-state index contributed by atoms with van der Waals surface area (Å²) in [4.78, 5) is 10.1. The van der Waals surface area contributed by atoms with Crippen LogP contribution in [0.2, 0.25) is 0 Å². The van der Waals surface area contributed by atoms with Gasteiger partial charge >= 0.3 is 0 Å². The summed E-state index contributed by atoms with van der Waals surface area (Å²) in [5.41, 5.74) is -0.0418. The summed E-state index contributed by atoms with van der Waals surface area (Å²) in [6.07, 6.45) is -5.01. The number of thioether (sulfide) groups is 1. The second-order valence-electron chi connectivity index (χ2n) is 4.93. The van der Waals surface area contributed by atoms with Crippen molar-refractivity contribution < 1.29 is 30.1 Å². The minimum absolute atomic E-state index is 0.0124.